The molecule has 1 aliphatic rings. The van der Waals surface area contributed by atoms with Crippen molar-refractivity contribution in [1.29, 1.82) is 0 Å². The average molecular weight is 366 g/mol. The minimum Gasteiger partial charge on any atom is -0.497 e. The van der Waals surface area contributed by atoms with Crippen LogP contribution in [0.15, 0.2) is 24.3 Å². The number of nitrogens with zero attached hydrogens (tertiary/aromatic N) is 1. The van der Waals surface area contributed by atoms with Crippen LogP contribution in [0.4, 0.5) is 0 Å². The Hall–Kier alpha value is -2.76. The Morgan fingerprint density at radius 2 is 2.22 bits per heavy atom. The highest BCUT2D eigenvalue weighted by molar-refractivity contribution is 5.93. The predicted octanol–water partition coefficient (Wildman–Crippen LogP) is 3.91. The van der Waals surface area contributed by atoms with Crippen LogP contribution in [0, 0.1) is 5.92 Å². The van der Waals surface area contributed by atoms with E-state index >= 15 is 0 Å². The van der Waals surface area contributed by atoms with Gasteiger partial charge in [0.2, 0.25) is 0 Å². The molecule has 3 N–H and O–H groups in total. The molecule has 6 nitrogen and oxygen atoms in total. The second kappa shape index (κ2) is 7.10. The summed E-state index contributed by atoms with van der Waals surface area (Å²) in [5, 5.41) is 11.5. The van der Waals surface area contributed by atoms with Gasteiger partial charge in [0.25, 0.3) is 5.91 Å². The van der Waals surface area contributed by atoms with E-state index in [9.17, 15) is 4.79 Å². The number of benzene rings is 1. The van der Waals surface area contributed by atoms with Crippen LogP contribution in [0.5, 0.6) is 5.75 Å². The molecule has 6 heteroatoms. The fraction of sp³-hybridized carbons (Fsp3) is 0.429. The third-order valence-electron chi connectivity index (χ3n) is 5.21. The fourth-order valence-corrected chi connectivity index (χ4v) is 3.97. The van der Waals surface area contributed by atoms with Crippen LogP contribution in [0.1, 0.15) is 60.2 Å². The van der Waals surface area contributed by atoms with Gasteiger partial charge in [-0.1, -0.05) is 13.8 Å². The summed E-state index contributed by atoms with van der Waals surface area (Å²) < 4.78 is 5.37. The first kappa shape index (κ1) is 17.6. The van der Waals surface area contributed by atoms with E-state index in [0.29, 0.717) is 11.6 Å². The van der Waals surface area contributed by atoms with Crippen molar-refractivity contribution in [2.24, 2.45) is 5.92 Å². The molecule has 0 saturated carbocycles. The number of hydrogen-bond donors (Lipinski definition) is 3. The Morgan fingerprint density at radius 1 is 1.37 bits per heavy atom. The SMILES string of the molecule is COc1ccc2[nH]c3c(c2c1)CCC[C@@H]3NC(=O)c1cc(CC(C)C)[nH]n1. The highest BCUT2D eigenvalue weighted by Crippen LogP contribution is 2.36. The number of aromatic amines is 2. The molecular weight excluding hydrogens is 340 g/mol. The summed E-state index contributed by atoms with van der Waals surface area (Å²) in [4.78, 5) is 16.2. The predicted molar refractivity (Wildman–Crippen MR) is 105 cm³/mol. The van der Waals surface area contributed by atoms with Gasteiger partial charge in [0.05, 0.1) is 13.2 Å². The average Bonchev–Trinajstić information content (AvgIpc) is 3.26. The summed E-state index contributed by atoms with van der Waals surface area (Å²) in [5.74, 6) is 1.24. The zero-order valence-electron chi connectivity index (χ0n) is 16.1. The van der Waals surface area contributed by atoms with Crippen LogP contribution in [0.2, 0.25) is 0 Å². The summed E-state index contributed by atoms with van der Waals surface area (Å²) in [7, 11) is 1.68. The van der Waals surface area contributed by atoms with Gasteiger partial charge in [-0.2, -0.15) is 5.10 Å². The molecule has 0 aliphatic heterocycles. The van der Waals surface area contributed by atoms with Gasteiger partial charge < -0.3 is 15.0 Å². The van der Waals surface area contributed by atoms with E-state index in [2.05, 4.69) is 40.4 Å². The van der Waals surface area contributed by atoms with Crippen LogP contribution in [-0.4, -0.2) is 28.2 Å². The van der Waals surface area contributed by atoms with Crippen molar-refractivity contribution in [3.05, 3.63) is 46.9 Å². The highest BCUT2D eigenvalue weighted by Gasteiger charge is 2.26. The molecule has 2 heterocycles. The first-order valence-electron chi connectivity index (χ1n) is 9.58. The topological polar surface area (TPSA) is 82.8 Å². The van der Waals surface area contributed by atoms with Crippen molar-refractivity contribution in [3.8, 4) is 5.75 Å². The molecule has 0 spiro atoms. The van der Waals surface area contributed by atoms with Gasteiger partial charge in [0, 0.05) is 22.3 Å². The number of rotatable bonds is 5. The molecule has 4 rings (SSSR count). The largest absolute Gasteiger partial charge is 0.497 e. The lowest BCUT2D eigenvalue weighted by molar-refractivity contribution is 0.0927. The number of aromatic nitrogens is 3. The van der Waals surface area contributed by atoms with Crippen molar-refractivity contribution in [3.63, 3.8) is 0 Å². The maximum Gasteiger partial charge on any atom is 0.272 e. The number of ether oxygens (including phenoxy) is 1. The number of aryl methyl sites for hydroxylation is 1. The minimum atomic E-state index is -0.129. The standard InChI is InChI=1S/C21H26N4O2/c1-12(2)9-13-10-19(25-24-13)21(26)23-18-6-4-5-15-16-11-14(27-3)7-8-17(16)22-20(15)18/h7-8,10-12,18,22H,4-6,9H2,1-3H3,(H,23,26)(H,24,25)/t18-/m0/s1. The molecule has 2 aromatic heterocycles. The summed E-state index contributed by atoms with van der Waals surface area (Å²) in [6, 6.07) is 7.90. The smallest absolute Gasteiger partial charge is 0.272 e. The maximum absolute atomic E-state index is 12.7. The van der Waals surface area contributed by atoms with Gasteiger partial charge in [-0.3, -0.25) is 9.89 Å². The number of nitrogens with one attached hydrogen (secondary N) is 3. The number of methoxy groups -OCH3 is 1. The second-order valence-corrected chi connectivity index (χ2v) is 7.72. The lowest BCUT2D eigenvalue weighted by atomic mass is 9.91. The van der Waals surface area contributed by atoms with E-state index in [0.717, 1.165) is 48.3 Å². The molecule has 0 bridgehead atoms. The molecule has 1 atom stereocenters. The Labute approximate surface area is 158 Å². The molecule has 3 aromatic rings. The van der Waals surface area contributed by atoms with Crippen molar-refractivity contribution < 1.29 is 9.53 Å². The Kier molecular flexibility index (Phi) is 4.64. The summed E-state index contributed by atoms with van der Waals surface area (Å²) in [6.45, 7) is 4.30. The Balaban J connectivity index is 1.57. The van der Waals surface area contributed by atoms with Crippen LogP contribution in [0.3, 0.4) is 0 Å². The van der Waals surface area contributed by atoms with E-state index in [1.807, 2.05) is 18.2 Å². The van der Waals surface area contributed by atoms with Crippen LogP contribution in [0.25, 0.3) is 10.9 Å². The first-order chi connectivity index (χ1) is 13.0. The van der Waals surface area contributed by atoms with Gasteiger partial charge in [0.15, 0.2) is 0 Å². The summed E-state index contributed by atoms with van der Waals surface area (Å²) in [5.41, 5.74) is 4.92. The fourth-order valence-electron chi connectivity index (χ4n) is 3.97. The summed E-state index contributed by atoms with van der Waals surface area (Å²) >= 11 is 0. The zero-order valence-corrected chi connectivity index (χ0v) is 16.1. The van der Waals surface area contributed by atoms with Crippen molar-refractivity contribution >= 4 is 16.8 Å². The summed E-state index contributed by atoms with van der Waals surface area (Å²) in [6.07, 6.45) is 3.86. The quantitative estimate of drug-likeness (QED) is 0.640. The van der Waals surface area contributed by atoms with Gasteiger partial charge in [-0.05, 0) is 61.4 Å². The molecule has 1 aliphatic carbocycles. The monoisotopic (exact) mass is 366 g/mol. The molecule has 0 unspecified atom stereocenters. The number of amides is 1. The number of carbonyl (C=O) groups is 1. The molecule has 27 heavy (non-hydrogen) atoms. The Morgan fingerprint density at radius 3 is 3.00 bits per heavy atom. The van der Waals surface area contributed by atoms with Gasteiger partial charge in [-0.15, -0.1) is 0 Å². The first-order valence-corrected chi connectivity index (χ1v) is 9.58. The minimum absolute atomic E-state index is 0.0232. The van der Waals surface area contributed by atoms with Gasteiger partial charge >= 0.3 is 0 Å². The van der Waals surface area contributed by atoms with E-state index in [-0.39, 0.29) is 11.9 Å². The second-order valence-electron chi connectivity index (χ2n) is 7.72. The third kappa shape index (κ3) is 3.44. The lowest BCUT2D eigenvalue weighted by Gasteiger charge is -2.23. The normalized spacial score (nSPS) is 16.5. The van der Waals surface area contributed by atoms with E-state index in [4.69, 9.17) is 4.74 Å². The van der Waals surface area contributed by atoms with E-state index < -0.39 is 0 Å². The number of carbonyl (C=O) groups excluding carboxylic acids is 1. The number of fused-ring (bicyclic) bond motifs is 3. The number of hydrogen-bond acceptors (Lipinski definition) is 3. The maximum atomic E-state index is 12.7. The van der Waals surface area contributed by atoms with Crippen LogP contribution in [-0.2, 0) is 12.8 Å². The van der Waals surface area contributed by atoms with Gasteiger partial charge in [-0.25, -0.2) is 0 Å². The molecule has 1 aromatic carbocycles. The zero-order chi connectivity index (χ0) is 19.0. The lowest BCUT2D eigenvalue weighted by Crippen LogP contribution is -2.31. The van der Waals surface area contributed by atoms with Crippen LogP contribution < -0.4 is 10.1 Å². The molecule has 0 radical (unpaired) electrons. The molecule has 0 fully saturated rings. The van der Waals surface area contributed by atoms with Crippen molar-refractivity contribution in [2.45, 2.75) is 45.6 Å². The number of H-pyrrole nitrogens is 2. The van der Waals surface area contributed by atoms with E-state index in [1.165, 1.54) is 10.9 Å². The molecule has 142 valence electrons. The molecule has 0 saturated heterocycles. The van der Waals surface area contributed by atoms with Crippen molar-refractivity contribution in [2.75, 3.05) is 7.11 Å². The van der Waals surface area contributed by atoms with Crippen molar-refractivity contribution in [1.82, 2.24) is 20.5 Å². The van der Waals surface area contributed by atoms with Gasteiger partial charge in [0.1, 0.15) is 11.4 Å². The Bertz CT molecular complexity index is 970. The highest BCUT2D eigenvalue weighted by atomic mass is 16.5. The van der Waals surface area contributed by atoms with Crippen LogP contribution >= 0.6 is 0 Å². The third-order valence-corrected chi connectivity index (χ3v) is 5.21. The molecule has 1 amide bonds. The van der Waals surface area contributed by atoms with E-state index in [1.54, 1.807) is 7.11 Å². The molecular formula is C21H26N4O2.